The number of guanidine groups is 1. The number of amides is 1. The number of anilines is 1. The first-order valence-corrected chi connectivity index (χ1v) is 13.9. The predicted octanol–water partition coefficient (Wildman–Crippen LogP) is 5.20. The second-order valence-electron chi connectivity index (χ2n) is 9.56. The first-order chi connectivity index (χ1) is 17.7. The Hall–Kier alpha value is -3.53. The Kier molecular flexibility index (Phi) is 6.61. The van der Waals surface area contributed by atoms with E-state index in [1.807, 2.05) is 72.8 Å². The van der Waals surface area contributed by atoms with Crippen molar-refractivity contribution >= 4 is 28.3 Å². The molecule has 2 aliphatic rings. The minimum absolute atomic E-state index is 0.159. The van der Waals surface area contributed by atoms with Crippen molar-refractivity contribution in [3.8, 4) is 16.9 Å². The van der Waals surface area contributed by atoms with Gasteiger partial charge >= 0.3 is 0 Å². The number of nitrogens with two attached hydrogens (primary N) is 1. The second-order valence-corrected chi connectivity index (χ2v) is 11.7. The van der Waals surface area contributed by atoms with E-state index in [1.54, 1.807) is 18.3 Å². The van der Waals surface area contributed by atoms with Gasteiger partial charge in [-0.15, -0.1) is 10.8 Å². The van der Waals surface area contributed by atoms with Gasteiger partial charge in [-0.2, -0.15) is 0 Å². The van der Waals surface area contributed by atoms with Gasteiger partial charge in [0.1, 0.15) is 5.75 Å². The lowest BCUT2D eigenvalue weighted by atomic mass is 9.89. The number of carbonyl (C=O) groups excluding carboxylic acids is 1. The maximum Gasteiger partial charge on any atom is 0.261 e. The highest BCUT2D eigenvalue weighted by atomic mass is 32.3. The predicted molar refractivity (Wildman–Crippen MR) is 149 cm³/mol. The summed E-state index contributed by atoms with van der Waals surface area (Å²) in [5, 5.41) is 0. The van der Waals surface area contributed by atoms with E-state index in [4.69, 9.17) is 10.5 Å². The van der Waals surface area contributed by atoms with Crippen molar-refractivity contribution in [1.29, 1.82) is 0 Å². The van der Waals surface area contributed by atoms with Crippen LogP contribution >= 0.6 is 10.8 Å². The first kappa shape index (κ1) is 25.1. The third-order valence-corrected chi connectivity index (χ3v) is 8.96. The van der Waals surface area contributed by atoms with Crippen LogP contribution < -0.4 is 14.8 Å². The van der Waals surface area contributed by atoms with Crippen LogP contribution in [0.1, 0.15) is 30.9 Å². The third kappa shape index (κ3) is 4.77. The standard InChI is InChI=1S/C28H32N4O4S/c1-28(23-11-6-9-21(17-23)22-10-7-13-25(18-22)36-2)26(33)31(27(29)30-28)19-20-8-5-12-24(16-20)32-14-3-4-15-37(32,34)35/h5-13,16-18,34-35H,3-4,14-15,19H2,1-2H3,(H2,29,30). The number of nitrogens with zero attached hydrogens (tertiary/aromatic N) is 3. The van der Waals surface area contributed by atoms with Gasteiger partial charge in [-0.1, -0.05) is 42.5 Å². The SMILES string of the molecule is COc1cccc(-c2cccc(C3(C)N=C(N)N(Cc4cccc(N5CCCCS5(O)O)c4)C3=O)c2)c1. The van der Waals surface area contributed by atoms with Crippen LogP contribution in [0.5, 0.6) is 5.75 Å². The fourth-order valence-electron chi connectivity index (χ4n) is 4.95. The van der Waals surface area contributed by atoms with Gasteiger partial charge in [-0.3, -0.25) is 23.1 Å². The van der Waals surface area contributed by atoms with Gasteiger partial charge in [0.25, 0.3) is 5.91 Å². The maximum absolute atomic E-state index is 13.7. The molecule has 4 N–H and O–H groups in total. The summed E-state index contributed by atoms with van der Waals surface area (Å²) in [6.07, 6.45) is 1.70. The average molecular weight is 521 g/mol. The zero-order valence-corrected chi connectivity index (χ0v) is 21.8. The summed E-state index contributed by atoms with van der Waals surface area (Å²) < 4.78 is 28.1. The molecule has 1 fully saturated rings. The summed E-state index contributed by atoms with van der Waals surface area (Å²) >= 11 is 0. The van der Waals surface area contributed by atoms with Crippen LogP contribution in [0.2, 0.25) is 0 Å². The number of hydrogen-bond donors (Lipinski definition) is 3. The summed E-state index contributed by atoms with van der Waals surface area (Å²) in [7, 11) is -1.20. The van der Waals surface area contributed by atoms with Crippen molar-refractivity contribution < 1.29 is 18.6 Å². The Morgan fingerprint density at radius 2 is 1.76 bits per heavy atom. The molecule has 0 aromatic heterocycles. The molecule has 1 saturated heterocycles. The van der Waals surface area contributed by atoms with Crippen LogP contribution in [0.25, 0.3) is 11.1 Å². The van der Waals surface area contributed by atoms with Gasteiger partial charge in [-0.05, 0) is 72.4 Å². The monoisotopic (exact) mass is 520 g/mol. The molecule has 0 aliphatic carbocycles. The largest absolute Gasteiger partial charge is 0.497 e. The lowest BCUT2D eigenvalue weighted by molar-refractivity contribution is -0.131. The van der Waals surface area contributed by atoms with Crippen LogP contribution in [-0.4, -0.2) is 45.3 Å². The molecule has 37 heavy (non-hydrogen) atoms. The summed E-state index contributed by atoms with van der Waals surface area (Å²) in [5.41, 5.74) is 9.38. The molecule has 3 aromatic rings. The van der Waals surface area contributed by atoms with E-state index in [0.717, 1.165) is 46.5 Å². The molecular weight excluding hydrogens is 488 g/mol. The molecule has 1 atom stereocenters. The van der Waals surface area contributed by atoms with Crippen LogP contribution in [0.4, 0.5) is 5.69 Å². The van der Waals surface area contributed by atoms with Crippen LogP contribution in [0.3, 0.4) is 0 Å². The quantitative estimate of drug-likeness (QED) is 0.412. The molecule has 2 aliphatic heterocycles. The van der Waals surface area contributed by atoms with E-state index in [1.165, 1.54) is 4.90 Å². The normalized spacial score (nSPS) is 22.1. The van der Waals surface area contributed by atoms with Crippen molar-refractivity contribution in [2.75, 3.05) is 23.7 Å². The van der Waals surface area contributed by atoms with Gasteiger partial charge in [-0.25, -0.2) is 4.99 Å². The summed E-state index contributed by atoms with van der Waals surface area (Å²) in [5.74, 6) is 1.08. The topological polar surface area (TPSA) is 112 Å². The zero-order chi connectivity index (χ0) is 26.2. The summed E-state index contributed by atoms with van der Waals surface area (Å²) in [4.78, 5) is 19.8. The molecule has 194 valence electrons. The van der Waals surface area contributed by atoms with Crippen LogP contribution in [0.15, 0.2) is 77.8 Å². The van der Waals surface area contributed by atoms with E-state index in [9.17, 15) is 13.9 Å². The van der Waals surface area contributed by atoms with E-state index < -0.39 is 16.3 Å². The Balaban J connectivity index is 1.40. The second kappa shape index (κ2) is 9.74. The summed E-state index contributed by atoms with van der Waals surface area (Å²) in [6, 6.07) is 23.0. The Bertz CT molecular complexity index is 1360. The van der Waals surface area contributed by atoms with Gasteiger partial charge in [0.05, 0.1) is 25.1 Å². The number of aliphatic imine (C=N–C) groups is 1. The van der Waals surface area contributed by atoms with E-state index in [2.05, 4.69) is 4.99 Å². The fourth-order valence-corrected chi connectivity index (χ4v) is 6.63. The first-order valence-electron chi connectivity index (χ1n) is 12.3. The molecule has 8 nitrogen and oxygen atoms in total. The molecule has 0 bridgehead atoms. The number of ether oxygens (including phenoxy) is 1. The van der Waals surface area contributed by atoms with Crippen molar-refractivity contribution in [3.63, 3.8) is 0 Å². The van der Waals surface area contributed by atoms with E-state index in [-0.39, 0.29) is 18.4 Å². The molecular formula is C28H32N4O4S. The lowest BCUT2D eigenvalue weighted by Gasteiger charge is -2.47. The number of benzene rings is 3. The highest BCUT2D eigenvalue weighted by Crippen LogP contribution is 2.49. The van der Waals surface area contributed by atoms with E-state index in [0.29, 0.717) is 12.3 Å². The van der Waals surface area contributed by atoms with Crippen molar-refractivity contribution in [2.45, 2.75) is 31.8 Å². The molecule has 2 heterocycles. The Morgan fingerprint density at radius 1 is 1.03 bits per heavy atom. The Morgan fingerprint density at radius 3 is 2.51 bits per heavy atom. The van der Waals surface area contributed by atoms with Crippen molar-refractivity contribution in [3.05, 3.63) is 83.9 Å². The highest BCUT2D eigenvalue weighted by molar-refractivity contribution is 8.25. The number of hydrogen-bond acceptors (Lipinski definition) is 7. The van der Waals surface area contributed by atoms with Gasteiger partial charge in [0.2, 0.25) is 0 Å². The molecule has 5 rings (SSSR count). The smallest absolute Gasteiger partial charge is 0.261 e. The molecule has 0 spiro atoms. The van der Waals surface area contributed by atoms with E-state index >= 15 is 0 Å². The van der Waals surface area contributed by atoms with Gasteiger partial charge < -0.3 is 10.5 Å². The zero-order valence-electron chi connectivity index (χ0n) is 21.0. The summed E-state index contributed by atoms with van der Waals surface area (Å²) in [6.45, 7) is 2.60. The molecule has 3 aromatic carbocycles. The molecule has 9 heteroatoms. The van der Waals surface area contributed by atoms with Crippen LogP contribution in [-0.2, 0) is 16.9 Å². The van der Waals surface area contributed by atoms with Gasteiger partial charge in [0, 0.05) is 6.54 Å². The average Bonchev–Trinajstić information content (AvgIpc) is 3.12. The van der Waals surface area contributed by atoms with Crippen LogP contribution in [0, 0.1) is 0 Å². The molecule has 0 radical (unpaired) electrons. The minimum Gasteiger partial charge on any atom is -0.497 e. The van der Waals surface area contributed by atoms with Gasteiger partial charge in [0.15, 0.2) is 11.5 Å². The number of rotatable bonds is 6. The number of methoxy groups -OCH3 is 1. The molecule has 1 amide bonds. The third-order valence-electron chi connectivity index (χ3n) is 7.03. The molecule has 0 saturated carbocycles. The molecule has 1 unspecified atom stereocenters. The fraction of sp³-hybridized carbons (Fsp3) is 0.286. The maximum atomic E-state index is 13.7. The minimum atomic E-state index is -2.83. The van der Waals surface area contributed by atoms with Crippen molar-refractivity contribution in [2.24, 2.45) is 10.7 Å². The number of carbonyl (C=O) groups is 1. The van der Waals surface area contributed by atoms with Crippen molar-refractivity contribution in [1.82, 2.24) is 4.90 Å². The Labute approximate surface area is 218 Å². The lowest BCUT2D eigenvalue weighted by Crippen LogP contribution is -2.41. The highest BCUT2D eigenvalue weighted by Gasteiger charge is 2.45.